The molecule has 2 aromatic heterocycles. The van der Waals surface area contributed by atoms with Gasteiger partial charge in [-0.05, 0) is 38.1 Å². The van der Waals surface area contributed by atoms with Crippen molar-refractivity contribution in [2.75, 3.05) is 12.4 Å². The van der Waals surface area contributed by atoms with Crippen LogP contribution in [0.25, 0.3) is 5.69 Å². The lowest BCUT2D eigenvalue weighted by molar-refractivity contribution is -0.115. The third-order valence-electron chi connectivity index (χ3n) is 4.72. The standard InChI is InChI=1S/C23H23N5O3S2/c1-15(31-19-12-8-7-11-18(19)30-3)20-26-27-23(28(20)17-9-5-4-6-10-17)33-16(2)21(29)25-22-24-13-14-32-22/h4-16H,1-3H3,(H,24,25,29). The largest absolute Gasteiger partial charge is 0.493 e. The van der Waals surface area contributed by atoms with E-state index in [0.29, 0.717) is 27.6 Å². The molecule has 0 fully saturated rings. The Morgan fingerprint density at radius 2 is 1.79 bits per heavy atom. The van der Waals surface area contributed by atoms with Gasteiger partial charge in [-0.15, -0.1) is 21.5 Å². The van der Waals surface area contributed by atoms with E-state index in [2.05, 4.69) is 20.5 Å². The molecule has 2 aromatic carbocycles. The molecule has 1 amide bonds. The van der Waals surface area contributed by atoms with Gasteiger partial charge in [-0.3, -0.25) is 9.36 Å². The second-order valence-electron chi connectivity index (χ2n) is 7.01. The summed E-state index contributed by atoms with van der Waals surface area (Å²) in [4.78, 5) is 16.8. The van der Waals surface area contributed by atoms with Crippen molar-refractivity contribution < 1.29 is 14.3 Å². The highest BCUT2D eigenvalue weighted by Gasteiger charge is 2.25. The summed E-state index contributed by atoms with van der Waals surface area (Å²) in [5, 5.41) is 14.2. The maximum Gasteiger partial charge on any atom is 0.239 e. The summed E-state index contributed by atoms with van der Waals surface area (Å²) in [6.45, 7) is 3.73. The van der Waals surface area contributed by atoms with Gasteiger partial charge in [0.25, 0.3) is 0 Å². The second kappa shape index (κ2) is 10.5. The van der Waals surface area contributed by atoms with Crippen LogP contribution in [-0.2, 0) is 4.79 Å². The fourth-order valence-corrected chi connectivity index (χ4v) is 4.51. The molecule has 33 heavy (non-hydrogen) atoms. The van der Waals surface area contributed by atoms with E-state index in [4.69, 9.17) is 9.47 Å². The summed E-state index contributed by atoms with van der Waals surface area (Å²) >= 11 is 2.70. The SMILES string of the molecule is COc1ccccc1OC(C)c1nnc(SC(C)C(=O)Nc2nccs2)n1-c1ccccc1. The highest BCUT2D eigenvalue weighted by atomic mass is 32.2. The Morgan fingerprint density at radius 1 is 1.06 bits per heavy atom. The first-order valence-corrected chi connectivity index (χ1v) is 12.0. The van der Waals surface area contributed by atoms with Crippen molar-refractivity contribution in [3.8, 4) is 17.2 Å². The lowest BCUT2D eigenvalue weighted by atomic mass is 10.3. The Balaban J connectivity index is 1.61. The van der Waals surface area contributed by atoms with E-state index in [1.807, 2.05) is 78.4 Å². The van der Waals surface area contributed by atoms with Crippen molar-refractivity contribution in [2.24, 2.45) is 0 Å². The molecule has 2 unspecified atom stereocenters. The van der Waals surface area contributed by atoms with Crippen molar-refractivity contribution in [1.82, 2.24) is 19.7 Å². The average Bonchev–Trinajstić information content (AvgIpc) is 3.50. The summed E-state index contributed by atoms with van der Waals surface area (Å²) in [5.41, 5.74) is 0.878. The predicted octanol–water partition coefficient (Wildman–Crippen LogP) is 4.99. The fraction of sp³-hybridized carbons (Fsp3) is 0.217. The number of thiazole rings is 1. The monoisotopic (exact) mass is 481 g/mol. The first-order valence-electron chi connectivity index (χ1n) is 10.2. The van der Waals surface area contributed by atoms with Gasteiger partial charge in [0.2, 0.25) is 5.91 Å². The first-order chi connectivity index (χ1) is 16.1. The minimum atomic E-state index is -0.428. The molecule has 0 aliphatic carbocycles. The lowest BCUT2D eigenvalue weighted by Gasteiger charge is -2.18. The number of carbonyl (C=O) groups is 1. The van der Waals surface area contributed by atoms with E-state index in [1.54, 1.807) is 13.3 Å². The van der Waals surface area contributed by atoms with Crippen molar-refractivity contribution in [2.45, 2.75) is 30.4 Å². The van der Waals surface area contributed by atoms with E-state index in [0.717, 1.165) is 5.69 Å². The van der Waals surface area contributed by atoms with Crippen LogP contribution in [0, 0.1) is 0 Å². The number of ether oxygens (including phenoxy) is 2. The number of aromatic nitrogens is 4. The number of nitrogens with one attached hydrogen (secondary N) is 1. The molecule has 2 heterocycles. The van der Waals surface area contributed by atoms with Gasteiger partial charge in [-0.2, -0.15) is 0 Å². The number of carbonyl (C=O) groups excluding carboxylic acids is 1. The highest BCUT2D eigenvalue weighted by molar-refractivity contribution is 8.00. The predicted molar refractivity (Wildman–Crippen MR) is 129 cm³/mol. The number of hydrogen-bond donors (Lipinski definition) is 1. The maximum atomic E-state index is 12.7. The molecule has 0 bridgehead atoms. The lowest BCUT2D eigenvalue weighted by Crippen LogP contribution is -2.23. The zero-order valence-corrected chi connectivity index (χ0v) is 20.0. The third-order valence-corrected chi connectivity index (χ3v) is 6.45. The molecule has 10 heteroatoms. The molecule has 0 spiro atoms. The summed E-state index contributed by atoms with van der Waals surface area (Å²) in [6.07, 6.45) is 1.22. The van der Waals surface area contributed by atoms with E-state index >= 15 is 0 Å². The maximum absolute atomic E-state index is 12.7. The Hall–Kier alpha value is -3.37. The van der Waals surface area contributed by atoms with Crippen molar-refractivity contribution in [3.63, 3.8) is 0 Å². The van der Waals surface area contributed by atoms with Crippen LogP contribution in [0.5, 0.6) is 11.5 Å². The fourth-order valence-electron chi connectivity index (χ4n) is 3.10. The van der Waals surface area contributed by atoms with E-state index in [9.17, 15) is 4.79 Å². The number of benzene rings is 2. The molecule has 0 radical (unpaired) electrons. The zero-order chi connectivity index (χ0) is 23.2. The Labute approximate surface area is 200 Å². The topological polar surface area (TPSA) is 91.2 Å². The van der Waals surface area contributed by atoms with Gasteiger partial charge in [-0.1, -0.05) is 42.1 Å². The van der Waals surface area contributed by atoms with E-state index in [-0.39, 0.29) is 5.91 Å². The molecule has 0 saturated carbocycles. The number of anilines is 1. The third kappa shape index (κ3) is 5.35. The van der Waals surface area contributed by atoms with Gasteiger partial charge in [0.05, 0.1) is 12.4 Å². The molecule has 0 aliphatic rings. The second-order valence-corrected chi connectivity index (χ2v) is 9.21. The van der Waals surface area contributed by atoms with Gasteiger partial charge in [0.1, 0.15) is 0 Å². The molecule has 170 valence electrons. The minimum absolute atomic E-state index is 0.155. The molecule has 4 aromatic rings. The van der Waals surface area contributed by atoms with Crippen molar-refractivity contribution in [3.05, 3.63) is 72.0 Å². The van der Waals surface area contributed by atoms with Crippen LogP contribution < -0.4 is 14.8 Å². The Kier molecular flexibility index (Phi) is 7.26. The molecule has 0 aliphatic heterocycles. The summed E-state index contributed by atoms with van der Waals surface area (Å²) in [6, 6.07) is 17.2. The molecule has 0 saturated heterocycles. The number of thioether (sulfide) groups is 1. The zero-order valence-electron chi connectivity index (χ0n) is 18.3. The minimum Gasteiger partial charge on any atom is -0.493 e. The van der Waals surface area contributed by atoms with Crippen molar-refractivity contribution >= 4 is 34.1 Å². The quantitative estimate of drug-likeness (QED) is 0.337. The molecule has 1 N–H and O–H groups in total. The van der Waals surface area contributed by atoms with Gasteiger partial charge in [0.15, 0.2) is 33.7 Å². The van der Waals surface area contributed by atoms with Crippen LogP contribution in [0.15, 0.2) is 71.3 Å². The van der Waals surface area contributed by atoms with E-state index in [1.165, 1.54) is 23.1 Å². The number of nitrogens with zero attached hydrogens (tertiary/aromatic N) is 4. The summed E-state index contributed by atoms with van der Waals surface area (Å²) < 4.78 is 13.5. The van der Waals surface area contributed by atoms with Gasteiger partial charge in [0, 0.05) is 17.3 Å². The number of methoxy groups -OCH3 is 1. The molecular formula is C23H23N5O3S2. The van der Waals surface area contributed by atoms with Crippen LogP contribution >= 0.6 is 23.1 Å². The highest BCUT2D eigenvalue weighted by Crippen LogP contribution is 2.33. The van der Waals surface area contributed by atoms with E-state index < -0.39 is 11.4 Å². The van der Waals surface area contributed by atoms with Crippen LogP contribution in [-0.4, -0.2) is 38.0 Å². The normalized spacial score (nSPS) is 12.7. The van der Waals surface area contributed by atoms with Gasteiger partial charge in [-0.25, -0.2) is 4.98 Å². The Bertz CT molecular complexity index is 1200. The number of rotatable bonds is 9. The van der Waals surface area contributed by atoms with Gasteiger partial charge < -0.3 is 14.8 Å². The first kappa shape index (κ1) is 22.8. The Morgan fingerprint density at radius 3 is 2.48 bits per heavy atom. The van der Waals surface area contributed by atoms with Crippen LogP contribution in [0.1, 0.15) is 25.8 Å². The summed E-state index contributed by atoms with van der Waals surface area (Å²) in [5.74, 6) is 1.71. The van der Waals surface area contributed by atoms with Crippen LogP contribution in [0.2, 0.25) is 0 Å². The van der Waals surface area contributed by atoms with Crippen LogP contribution in [0.4, 0.5) is 5.13 Å². The smallest absolute Gasteiger partial charge is 0.239 e. The van der Waals surface area contributed by atoms with Crippen molar-refractivity contribution in [1.29, 1.82) is 0 Å². The van der Waals surface area contributed by atoms with Gasteiger partial charge >= 0.3 is 0 Å². The molecule has 2 atom stereocenters. The average molecular weight is 482 g/mol. The molecular weight excluding hydrogens is 458 g/mol. The number of para-hydroxylation sites is 3. The molecule has 8 nitrogen and oxygen atoms in total. The number of amides is 1. The summed E-state index contributed by atoms with van der Waals surface area (Å²) in [7, 11) is 1.60. The molecule has 4 rings (SSSR count). The van der Waals surface area contributed by atoms with Crippen LogP contribution in [0.3, 0.4) is 0 Å². The number of hydrogen-bond acceptors (Lipinski definition) is 8.